The van der Waals surface area contributed by atoms with Gasteiger partial charge in [-0.15, -0.1) is 0 Å². The Morgan fingerprint density at radius 3 is 1.36 bits per heavy atom. The maximum absolute atomic E-state index is 13.0. The number of carbonyl (C=O) groups excluding carboxylic acids is 8. The molecule has 4 aliphatic rings. The fourth-order valence-electron chi connectivity index (χ4n) is 8.41. The third-order valence-electron chi connectivity index (χ3n) is 11.1. The van der Waals surface area contributed by atoms with Crippen LogP contribution in [0.3, 0.4) is 0 Å². The number of ether oxygens (including phenoxy) is 16. The lowest BCUT2D eigenvalue weighted by Crippen LogP contribution is -2.70. The summed E-state index contributed by atoms with van der Waals surface area (Å²) in [6, 6.07) is 13.3. The molecule has 0 N–H and O–H groups in total. The van der Waals surface area contributed by atoms with Crippen LogP contribution in [0.2, 0.25) is 0 Å². The van der Waals surface area contributed by atoms with Crippen molar-refractivity contribution in [3.63, 3.8) is 0 Å². The number of rotatable bonds is 18. The van der Waals surface area contributed by atoms with Gasteiger partial charge >= 0.3 is 47.8 Å². The summed E-state index contributed by atoms with van der Waals surface area (Å²) in [5.41, 5.74) is 0.177. The van der Waals surface area contributed by atoms with Crippen LogP contribution in [-0.4, -0.2) is 165 Å². The van der Waals surface area contributed by atoms with Gasteiger partial charge in [-0.25, -0.2) is 0 Å². The molecule has 16 atom stereocenters. The number of fused-ring (bicyclic) bond motifs is 1. The van der Waals surface area contributed by atoms with Crippen LogP contribution in [0.4, 0.5) is 5.69 Å². The van der Waals surface area contributed by atoms with Crippen LogP contribution in [-0.2, 0) is 109 Å². The van der Waals surface area contributed by atoms with E-state index in [1.54, 1.807) is 30.3 Å². The molecular formula is C47H55NO26. The number of nitro benzene ring substituents is 1. The number of esters is 8. The second-order valence-electron chi connectivity index (χ2n) is 16.9. The molecule has 0 amide bonds. The van der Waals surface area contributed by atoms with Crippen LogP contribution in [0.1, 0.15) is 67.2 Å². The van der Waals surface area contributed by atoms with Crippen molar-refractivity contribution >= 4 is 53.4 Å². The molecule has 4 saturated heterocycles. The smallest absolute Gasteiger partial charge is 0.303 e. The molecule has 4 aliphatic heterocycles. The second kappa shape index (κ2) is 25.4. The summed E-state index contributed by atoms with van der Waals surface area (Å²) in [5.74, 6) is -7.42. The van der Waals surface area contributed by atoms with Crippen LogP contribution in [0.25, 0.3) is 0 Å². The van der Waals surface area contributed by atoms with Crippen molar-refractivity contribution < 1.29 is 119 Å². The van der Waals surface area contributed by atoms with Crippen LogP contribution in [0, 0.1) is 10.1 Å². The first-order chi connectivity index (χ1) is 35.1. The first-order valence-electron chi connectivity index (χ1n) is 22.9. The number of carbonyl (C=O) groups is 8. The molecule has 27 nitrogen and oxygen atoms in total. The zero-order chi connectivity index (χ0) is 54.0. The highest BCUT2D eigenvalue weighted by Gasteiger charge is 2.61. The molecule has 4 heterocycles. The summed E-state index contributed by atoms with van der Waals surface area (Å²) in [6.45, 7) is 6.65. The van der Waals surface area contributed by atoms with Gasteiger partial charge in [0, 0.05) is 73.1 Å². The number of non-ortho nitro benzene ring substituents is 1. The SMILES string of the molecule is CC(=O)OC[C@H]1O[C@@H](O[C@@H]2[C@@H](O[C@@H]3O[C@H](COC(C)=O)[C@@H](OC(C)=O)[C@H](OC(C)=O)[C@H]3OC(C)=O)[C@H](Oc3ccc([N+](=O)[O-])cc3)O[C@@H]3COC(c4ccccc4)O[C@@H]23)[C@H](OC(C)=O)[C@@H](OC(C)=O)[C@@H]1OC(C)=O. The van der Waals surface area contributed by atoms with E-state index < -0.39 is 164 Å². The van der Waals surface area contributed by atoms with E-state index in [1.807, 2.05) is 0 Å². The Morgan fingerprint density at radius 2 is 0.932 bits per heavy atom. The first-order valence-corrected chi connectivity index (χ1v) is 22.9. The molecule has 2 aromatic rings. The average molecular weight is 1050 g/mol. The molecule has 0 saturated carbocycles. The van der Waals surface area contributed by atoms with Crippen LogP contribution in [0.5, 0.6) is 5.75 Å². The maximum Gasteiger partial charge on any atom is 0.303 e. The molecule has 1 unspecified atom stereocenters. The zero-order valence-corrected chi connectivity index (χ0v) is 41.1. The maximum atomic E-state index is 13.0. The minimum atomic E-state index is -1.98. The van der Waals surface area contributed by atoms with Gasteiger partial charge in [-0.1, -0.05) is 30.3 Å². The van der Waals surface area contributed by atoms with Crippen molar-refractivity contribution in [3.05, 3.63) is 70.3 Å². The van der Waals surface area contributed by atoms with Crippen molar-refractivity contribution in [2.24, 2.45) is 0 Å². The summed E-state index contributed by atoms with van der Waals surface area (Å²) < 4.78 is 96.3. The van der Waals surface area contributed by atoms with E-state index in [1.165, 1.54) is 12.1 Å². The molecule has 4 fully saturated rings. The fraction of sp³-hybridized carbons (Fsp3) is 0.574. The van der Waals surface area contributed by atoms with Crippen LogP contribution in [0.15, 0.2) is 54.6 Å². The van der Waals surface area contributed by atoms with E-state index in [-0.39, 0.29) is 18.0 Å². The lowest BCUT2D eigenvalue weighted by Gasteiger charge is -2.52. The van der Waals surface area contributed by atoms with Gasteiger partial charge in [0.1, 0.15) is 49.5 Å². The lowest BCUT2D eigenvalue weighted by atomic mass is 9.94. The predicted molar refractivity (Wildman–Crippen MR) is 236 cm³/mol. The topological polar surface area (TPSA) is 327 Å². The summed E-state index contributed by atoms with van der Waals surface area (Å²) in [4.78, 5) is 112. The standard InChI is InChI=1S/C47H55NO26/c1-21(49)59-18-32-35(62-23(3)51)38(64-25(5)53)41(66-27(7)55)46(70-32)73-40-37-34(20-61-44(72-37)29-12-10-9-11-13-29)69-45(68-31-16-14-30(15-17-31)48(57)58)43(40)74-47-42(67-28(8)56)39(65-26(6)54)36(63-24(4)52)33(71-47)19-60-22(2)50/h9-17,32-47H,18-20H2,1-8H3/t32-,33-,34-,35-,36-,37-,38+,39+,40+,41-,42-,43-,44?,45-,46+,47+/m1/s1. The molecule has 0 aliphatic carbocycles. The molecule has 2 aromatic carbocycles. The van der Waals surface area contributed by atoms with Gasteiger partial charge in [-0.2, -0.15) is 0 Å². The first kappa shape index (κ1) is 56.4. The Morgan fingerprint density at radius 1 is 0.500 bits per heavy atom. The Hall–Kier alpha value is -6.88. The van der Waals surface area contributed by atoms with Gasteiger partial charge < -0.3 is 75.8 Å². The zero-order valence-electron chi connectivity index (χ0n) is 41.1. The third-order valence-corrected chi connectivity index (χ3v) is 11.1. The lowest BCUT2D eigenvalue weighted by molar-refractivity contribution is -0.407. The predicted octanol–water partition coefficient (Wildman–Crippen LogP) is 1.75. The van der Waals surface area contributed by atoms with Crippen molar-refractivity contribution in [2.45, 2.75) is 154 Å². The van der Waals surface area contributed by atoms with Gasteiger partial charge in [0.05, 0.1) is 11.5 Å². The number of hydrogen-bond donors (Lipinski definition) is 0. The van der Waals surface area contributed by atoms with Gasteiger partial charge in [-0.3, -0.25) is 48.5 Å². The van der Waals surface area contributed by atoms with E-state index in [2.05, 4.69) is 0 Å². The molecular weight excluding hydrogens is 994 g/mol. The fourth-order valence-corrected chi connectivity index (χ4v) is 8.41. The van der Waals surface area contributed by atoms with Crippen molar-refractivity contribution in [3.8, 4) is 5.75 Å². The highest BCUT2D eigenvalue weighted by Crippen LogP contribution is 2.42. The Kier molecular flexibility index (Phi) is 19.3. The molecule has 0 aromatic heterocycles. The molecule has 404 valence electrons. The van der Waals surface area contributed by atoms with E-state index in [0.717, 1.165) is 67.5 Å². The molecule has 0 bridgehead atoms. The van der Waals surface area contributed by atoms with Crippen molar-refractivity contribution in [2.75, 3.05) is 19.8 Å². The van der Waals surface area contributed by atoms with Gasteiger partial charge in [0.15, 0.2) is 61.6 Å². The monoisotopic (exact) mass is 1050 g/mol. The quantitative estimate of drug-likeness (QED) is 0.0888. The Bertz CT molecular complexity index is 2350. The second-order valence-corrected chi connectivity index (χ2v) is 16.9. The van der Waals surface area contributed by atoms with Gasteiger partial charge in [0.25, 0.3) is 5.69 Å². The number of hydrogen-bond acceptors (Lipinski definition) is 26. The molecule has 74 heavy (non-hydrogen) atoms. The number of nitrogens with zero attached hydrogens (tertiary/aromatic N) is 1. The van der Waals surface area contributed by atoms with Gasteiger partial charge in [-0.05, 0) is 12.1 Å². The average Bonchev–Trinajstić information content (AvgIpc) is 3.31. The summed E-state index contributed by atoms with van der Waals surface area (Å²) >= 11 is 0. The van der Waals surface area contributed by atoms with Crippen LogP contribution < -0.4 is 4.74 Å². The number of nitro groups is 1. The van der Waals surface area contributed by atoms with Gasteiger partial charge in [0.2, 0.25) is 6.29 Å². The molecule has 0 radical (unpaired) electrons. The molecule has 27 heteroatoms. The van der Waals surface area contributed by atoms with Crippen molar-refractivity contribution in [1.29, 1.82) is 0 Å². The minimum Gasteiger partial charge on any atom is -0.463 e. The summed E-state index contributed by atoms with van der Waals surface area (Å²) in [6.07, 6.45) is -26.5. The summed E-state index contributed by atoms with van der Waals surface area (Å²) in [7, 11) is 0. The van der Waals surface area contributed by atoms with E-state index in [4.69, 9.17) is 75.8 Å². The number of benzene rings is 2. The van der Waals surface area contributed by atoms with E-state index in [9.17, 15) is 48.5 Å². The third kappa shape index (κ3) is 14.9. The largest absolute Gasteiger partial charge is 0.463 e. The molecule has 6 rings (SSSR count). The molecule has 0 spiro atoms. The van der Waals surface area contributed by atoms with Crippen molar-refractivity contribution in [1.82, 2.24) is 0 Å². The van der Waals surface area contributed by atoms with E-state index in [0.29, 0.717) is 5.56 Å². The highest BCUT2D eigenvalue weighted by atomic mass is 16.8. The normalized spacial score (nSPS) is 31.4. The minimum absolute atomic E-state index is 0.0694. The Labute approximate surface area is 421 Å². The van der Waals surface area contributed by atoms with Crippen LogP contribution >= 0.6 is 0 Å². The highest BCUT2D eigenvalue weighted by molar-refractivity contribution is 5.70. The van der Waals surface area contributed by atoms with E-state index >= 15 is 0 Å². The summed E-state index contributed by atoms with van der Waals surface area (Å²) in [5, 5.41) is 11.7. The Balaban J connectivity index is 1.56.